The summed E-state index contributed by atoms with van der Waals surface area (Å²) >= 11 is 0. The summed E-state index contributed by atoms with van der Waals surface area (Å²) in [4.78, 5) is 23.5. The topological polar surface area (TPSA) is 86.3 Å². The fraction of sp³-hybridized carbons (Fsp3) is 0.304. The lowest BCUT2D eigenvalue weighted by atomic mass is 10.1. The van der Waals surface area contributed by atoms with Crippen LogP contribution in [0.4, 0.5) is 0 Å². The van der Waals surface area contributed by atoms with Crippen LogP contribution in [0.1, 0.15) is 35.3 Å². The number of hydrogen-bond donors (Lipinski definition) is 0. The predicted octanol–water partition coefficient (Wildman–Crippen LogP) is 4.09. The van der Waals surface area contributed by atoms with Gasteiger partial charge in [-0.25, -0.2) is 0 Å². The fourth-order valence-electron chi connectivity index (χ4n) is 3.77. The molecule has 0 bridgehead atoms. The molecule has 1 amide bonds. The van der Waals surface area contributed by atoms with Crippen LogP contribution >= 0.6 is 0 Å². The van der Waals surface area contributed by atoms with E-state index >= 15 is 0 Å². The zero-order chi connectivity index (χ0) is 22.0. The van der Waals surface area contributed by atoms with Crippen molar-refractivity contribution in [2.24, 2.45) is 0 Å². The number of amides is 1. The standard InChI is InChI=1S/C23H25N5O3/c1-5-11-28-15(2)21(18-12-17(30-4)8-9-19(18)28)23(29)27(3)14-20-25-22(26-31-20)16-7-6-10-24-13-16/h6-10,12-13H,5,11,14H2,1-4H3. The largest absolute Gasteiger partial charge is 0.497 e. The summed E-state index contributed by atoms with van der Waals surface area (Å²) in [5, 5.41) is 4.88. The first-order valence-electron chi connectivity index (χ1n) is 10.2. The van der Waals surface area contributed by atoms with E-state index in [2.05, 4.69) is 26.6 Å². The Hall–Kier alpha value is -3.68. The van der Waals surface area contributed by atoms with E-state index < -0.39 is 0 Å². The molecule has 0 aliphatic heterocycles. The molecule has 8 nitrogen and oxygen atoms in total. The molecule has 4 rings (SSSR count). The molecule has 0 fully saturated rings. The zero-order valence-corrected chi connectivity index (χ0v) is 18.1. The van der Waals surface area contributed by atoms with Crippen molar-refractivity contribution in [2.45, 2.75) is 33.4 Å². The van der Waals surface area contributed by atoms with Gasteiger partial charge in [0.15, 0.2) is 0 Å². The average Bonchev–Trinajstić information content (AvgIpc) is 3.36. The van der Waals surface area contributed by atoms with Crippen LogP contribution in [0.25, 0.3) is 22.3 Å². The first-order chi connectivity index (χ1) is 15.0. The van der Waals surface area contributed by atoms with Gasteiger partial charge in [-0.05, 0) is 43.7 Å². The summed E-state index contributed by atoms with van der Waals surface area (Å²) in [6.07, 6.45) is 4.32. The van der Waals surface area contributed by atoms with Gasteiger partial charge in [0.05, 0.1) is 19.2 Å². The number of ether oxygens (including phenoxy) is 1. The van der Waals surface area contributed by atoms with Crippen LogP contribution in [0.3, 0.4) is 0 Å². The molecule has 31 heavy (non-hydrogen) atoms. The van der Waals surface area contributed by atoms with Gasteiger partial charge in [0.25, 0.3) is 5.91 Å². The molecule has 0 spiro atoms. The van der Waals surface area contributed by atoms with Gasteiger partial charge in [-0.1, -0.05) is 12.1 Å². The number of hydrogen-bond acceptors (Lipinski definition) is 6. The van der Waals surface area contributed by atoms with Crippen molar-refractivity contribution in [3.63, 3.8) is 0 Å². The van der Waals surface area contributed by atoms with Gasteiger partial charge in [0, 0.05) is 48.1 Å². The third-order valence-electron chi connectivity index (χ3n) is 5.30. The highest BCUT2D eigenvalue weighted by atomic mass is 16.5. The van der Waals surface area contributed by atoms with Crippen LogP contribution in [-0.2, 0) is 13.1 Å². The summed E-state index contributed by atoms with van der Waals surface area (Å²) < 4.78 is 12.9. The Balaban J connectivity index is 1.64. The van der Waals surface area contributed by atoms with E-state index in [1.54, 1.807) is 31.5 Å². The quantitative estimate of drug-likeness (QED) is 0.449. The van der Waals surface area contributed by atoms with Gasteiger partial charge in [0.1, 0.15) is 5.75 Å². The number of pyridine rings is 1. The predicted molar refractivity (Wildman–Crippen MR) is 117 cm³/mol. The average molecular weight is 419 g/mol. The van der Waals surface area contributed by atoms with E-state index in [0.717, 1.165) is 40.9 Å². The highest BCUT2D eigenvalue weighted by Gasteiger charge is 2.24. The number of fused-ring (bicyclic) bond motifs is 1. The van der Waals surface area contributed by atoms with Crippen molar-refractivity contribution in [1.82, 2.24) is 24.6 Å². The Morgan fingerprint density at radius 2 is 2.13 bits per heavy atom. The lowest BCUT2D eigenvalue weighted by Gasteiger charge is -2.15. The molecular weight excluding hydrogens is 394 g/mol. The third-order valence-corrected chi connectivity index (χ3v) is 5.30. The molecule has 4 aromatic rings. The maximum absolute atomic E-state index is 13.4. The van der Waals surface area contributed by atoms with Gasteiger partial charge < -0.3 is 18.7 Å². The van der Waals surface area contributed by atoms with E-state index in [1.807, 2.05) is 37.3 Å². The molecule has 0 N–H and O–H groups in total. The van der Waals surface area contributed by atoms with Crippen molar-refractivity contribution in [3.8, 4) is 17.1 Å². The Morgan fingerprint density at radius 3 is 2.84 bits per heavy atom. The molecule has 0 aliphatic carbocycles. The highest BCUT2D eigenvalue weighted by molar-refractivity contribution is 6.08. The summed E-state index contributed by atoms with van der Waals surface area (Å²) in [7, 11) is 3.36. The van der Waals surface area contributed by atoms with E-state index in [-0.39, 0.29) is 12.5 Å². The molecule has 0 aliphatic rings. The molecular formula is C23H25N5O3. The van der Waals surface area contributed by atoms with Gasteiger partial charge in [-0.2, -0.15) is 4.98 Å². The van der Waals surface area contributed by atoms with Crippen LogP contribution in [0, 0.1) is 6.92 Å². The molecule has 1 aromatic carbocycles. The van der Waals surface area contributed by atoms with Crippen molar-refractivity contribution in [2.75, 3.05) is 14.2 Å². The van der Waals surface area contributed by atoms with Crippen LogP contribution < -0.4 is 4.74 Å². The number of benzene rings is 1. The maximum Gasteiger partial charge on any atom is 0.256 e. The molecule has 0 saturated carbocycles. The molecule has 160 valence electrons. The Morgan fingerprint density at radius 1 is 1.29 bits per heavy atom. The van der Waals surface area contributed by atoms with Crippen molar-refractivity contribution >= 4 is 16.8 Å². The number of rotatable bonds is 7. The molecule has 0 saturated heterocycles. The van der Waals surface area contributed by atoms with Gasteiger partial charge in [-0.15, -0.1) is 0 Å². The molecule has 3 heterocycles. The Labute approximate surface area is 180 Å². The first-order valence-corrected chi connectivity index (χ1v) is 10.2. The lowest BCUT2D eigenvalue weighted by Crippen LogP contribution is -2.27. The summed E-state index contributed by atoms with van der Waals surface area (Å²) in [6.45, 7) is 5.15. The second-order valence-electron chi connectivity index (χ2n) is 7.41. The first kappa shape index (κ1) is 20.6. The van der Waals surface area contributed by atoms with Crippen molar-refractivity contribution < 1.29 is 14.1 Å². The molecule has 8 heteroatoms. The molecule has 0 unspecified atom stereocenters. The second kappa shape index (κ2) is 8.59. The van der Waals surface area contributed by atoms with E-state index in [9.17, 15) is 4.79 Å². The van der Waals surface area contributed by atoms with Crippen LogP contribution in [0.15, 0.2) is 47.2 Å². The van der Waals surface area contributed by atoms with Gasteiger partial charge >= 0.3 is 0 Å². The summed E-state index contributed by atoms with van der Waals surface area (Å²) in [5.74, 6) is 1.43. The maximum atomic E-state index is 13.4. The smallest absolute Gasteiger partial charge is 0.256 e. The van der Waals surface area contributed by atoms with Gasteiger partial charge in [-0.3, -0.25) is 9.78 Å². The fourth-order valence-corrected chi connectivity index (χ4v) is 3.77. The number of nitrogens with zero attached hydrogens (tertiary/aromatic N) is 5. The SMILES string of the molecule is CCCn1c(C)c(C(=O)N(C)Cc2nc(-c3cccnc3)no2)c2cc(OC)ccc21. The minimum Gasteiger partial charge on any atom is -0.497 e. The van der Waals surface area contributed by atoms with Crippen LogP contribution in [-0.4, -0.2) is 44.7 Å². The minimum atomic E-state index is -0.105. The number of aromatic nitrogens is 4. The molecule has 0 radical (unpaired) electrons. The Kier molecular flexibility index (Phi) is 5.70. The van der Waals surface area contributed by atoms with Crippen LogP contribution in [0.5, 0.6) is 5.75 Å². The van der Waals surface area contributed by atoms with E-state index in [4.69, 9.17) is 9.26 Å². The normalized spacial score (nSPS) is 11.1. The number of aryl methyl sites for hydroxylation is 1. The summed E-state index contributed by atoms with van der Waals surface area (Å²) in [6, 6.07) is 9.51. The second-order valence-corrected chi connectivity index (χ2v) is 7.41. The number of methoxy groups -OCH3 is 1. The lowest BCUT2D eigenvalue weighted by molar-refractivity contribution is 0.0770. The zero-order valence-electron chi connectivity index (χ0n) is 18.1. The van der Waals surface area contributed by atoms with Crippen molar-refractivity contribution in [1.29, 1.82) is 0 Å². The summed E-state index contributed by atoms with van der Waals surface area (Å²) in [5.41, 5.74) is 3.38. The third kappa shape index (κ3) is 3.88. The van der Waals surface area contributed by atoms with E-state index in [0.29, 0.717) is 17.3 Å². The monoisotopic (exact) mass is 419 g/mol. The van der Waals surface area contributed by atoms with Crippen molar-refractivity contribution in [3.05, 3.63) is 59.9 Å². The number of carbonyl (C=O) groups excluding carboxylic acids is 1. The Bertz CT molecular complexity index is 1210. The molecule has 3 aromatic heterocycles. The molecule has 0 atom stereocenters. The van der Waals surface area contributed by atoms with Crippen LogP contribution in [0.2, 0.25) is 0 Å². The number of carbonyl (C=O) groups is 1. The minimum absolute atomic E-state index is 0.105. The van der Waals surface area contributed by atoms with Gasteiger partial charge in [0.2, 0.25) is 11.7 Å². The van der Waals surface area contributed by atoms with E-state index in [1.165, 1.54) is 0 Å². The highest BCUT2D eigenvalue weighted by Crippen LogP contribution is 2.31.